The molecule has 1 aromatic carbocycles. The minimum atomic E-state index is -0.622. The minimum Gasteiger partial charge on any atom is -0.507 e. The lowest BCUT2D eigenvalue weighted by molar-refractivity contribution is -0.117. The molecule has 0 aromatic heterocycles. The van der Waals surface area contributed by atoms with Crippen LogP contribution in [0.5, 0.6) is 5.75 Å². The molecule has 0 radical (unpaired) electrons. The van der Waals surface area contributed by atoms with Gasteiger partial charge in [0.1, 0.15) is 11.3 Å². The van der Waals surface area contributed by atoms with E-state index in [2.05, 4.69) is 32.6 Å². The first-order valence-electron chi connectivity index (χ1n) is 6.83. The molecule has 0 aliphatic carbocycles. The van der Waals surface area contributed by atoms with Crippen LogP contribution in [-0.4, -0.2) is 53.6 Å². The fourth-order valence-electron chi connectivity index (χ4n) is 1.74. The molecule has 0 saturated carbocycles. The van der Waals surface area contributed by atoms with Crippen LogP contribution in [0.2, 0.25) is 0 Å². The van der Waals surface area contributed by atoms with Crippen molar-refractivity contribution in [2.45, 2.75) is 13.8 Å². The van der Waals surface area contributed by atoms with E-state index in [4.69, 9.17) is 0 Å². The Morgan fingerprint density at radius 1 is 1.27 bits per heavy atom. The molecule has 0 heterocycles. The normalized spacial score (nSPS) is 9.73. The zero-order chi connectivity index (χ0) is 17.1. The Morgan fingerprint density at radius 3 is 2.32 bits per heavy atom. The number of hydrogen-bond donors (Lipinski definition) is 2. The average molecular weight is 422 g/mol. The van der Waals surface area contributed by atoms with E-state index in [0.29, 0.717) is 5.69 Å². The van der Waals surface area contributed by atoms with Gasteiger partial charge in [-0.25, -0.2) is 4.79 Å². The van der Waals surface area contributed by atoms with Gasteiger partial charge in [0.25, 0.3) is 0 Å². The van der Waals surface area contributed by atoms with Gasteiger partial charge >= 0.3 is 5.97 Å². The van der Waals surface area contributed by atoms with Crippen LogP contribution in [0.25, 0.3) is 0 Å². The van der Waals surface area contributed by atoms with Gasteiger partial charge in [0.2, 0.25) is 5.91 Å². The predicted octanol–water partition coefficient (Wildman–Crippen LogP) is 2.51. The molecule has 0 unspecified atom stereocenters. The van der Waals surface area contributed by atoms with Crippen LogP contribution in [0.3, 0.4) is 0 Å². The van der Waals surface area contributed by atoms with Crippen LogP contribution in [0.4, 0.5) is 5.69 Å². The number of amides is 1. The third-order valence-electron chi connectivity index (χ3n) is 2.95. The Bertz CT molecular complexity index is 490. The van der Waals surface area contributed by atoms with Gasteiger partial charge in [0.05, 0.1) is 13.7 Å². The molecular weight excluding hydrogens is 399 g/mol. The van der Waals surface area contributed by atoms with E-state index in [1.165, 1.54) is 19.2 Å². The van der Waals surface area contributed by atoms with Crippen LogP contribution in [0.1, 0.15) is 24.2 Å². The lowest BCUT2D eigenvalue weighted by Crippen LogP contribution is -2.32. The summed E-state index contributed by atoms with van der Waals surface area (Å²) in [5.74, 6) is -1.01. The number of likely N-dealkylation sites (N-methyl/N-ethyl adjacent to an activating group) is 1. The predicted molar refractivity (Wildman–Crippen MR) is 95.8 cm³/mol. The molecule has 124 valence electrons. The number of benzene rings is 1. The highest BCUT2D eigenvalue weighted by atomic mass is 127. The van der Waals surface area contributed by atoms with Gasteiger partial charge in [-0.3, -0.25) is 9.69 Å². The van der Waals surface area contributed by atoms with Crippen molar-refractivity contribution < 1.29 is 19.4 Å². The van der Waals surface area contributed by atoms with Gasteiger partial charge in [-0.1, -0.05) is 36.4 Å². The largest absolute Gasteiger partial charge is 0.507 e. The quantitative estimate of drug-likeness (QED) is 0.419. The van der Waals surface area contributed by atoms with E-state index in [-0.39, 0.29) is 23.8 Å². The number of halogens is 1. The number of esters is 1. The molecule has 0 spiro atoms. The van der Waals surface area contributed by atoms with Gasteiger partial charge in [0, 0.05) is 11.8 Å². The SMILES string of the molecule is CCN(CC)CC(=O)Nc1ccc(C(=O)OC)c(O)c1.CI. The Balaban J connectivity index is 0.00000211. The lowest BCUT2D eigenvalue weighted by atomic mass is 10.2. The van der Waals surface area contributed by atoms with Gasteiger partial charge in [-0.15, -0.1) is 0 Å². The minimum absolute atomic E-state index is 0.0641. The van der Waals surface area contributed by atoms with E-state index in [1.54, 1.807) is 6.07 Å². The van der Waals surface area contributed by atoms with Crippen molar-refractivity contribution in [3.8, 4) is 5.75 Å². The second kappa shape index (κ2) is 11.2. The number of nitrogens with one attached hydrogen (secondary N) is 1. The standard InChI is InChI=1S/C14H20N2O4.CH3I/c1-4-16(5-2)9-13(18)15-10-6-7-11(12(17)8-10)14(19)20-3;1-2/h6-8,17H,4-5,9H2,1-3H3,(H,15,18);1H3. The summed E-state index contributed by atoms with van der Waals surface area (Å²) in [6.45, 7) is 5.82. The second-order valence-corrected chi connectivity index (χ2v) is 4.23. The molecule has 7 heteroatoms. The van der Waals surface area contributed by atoms with Crippen molar-refractivity contribution in [3.63, 3.8) is 0 Å². The monoisotopic (exact) mass is 422 g/mol. The number of ether oxygens (including phenoxy) is 1. The second-order valence-electron chi connectivity index (χ2n) is 4.23. The third-order valence-corrected chi connectivity index (χ3v) is 2.95. The molecule has 1 amide bonds. The highest BCUT2D eigenvalue weighted by Gasteiger charge is 2.13. The van der Waals surface area contributed by atoms with Crippen LogP contribution in [-0.2, 0) is 9.53 Å². The fourth-order valence-corrected chi connectivity index (χ4v) is 1.74. The van der Waals surface area contributed by atoms with Crippen LogP contribution in [0.15, 0.2) is 18.2 Å². The fraction of sp³-hybridized carbons (Fsp3) is 0.467. The van der Waals surface area contributed by atoms with E-state index >= 15 is 0 Å². The number of anilines is 1. The number of phenolic OH excluding ortho intramolecular Hbond substituents is 1. The Morgan fingerprint density at radius 2 is 1.86 bits per heavy atom. The van der Waals surface area contributed by atoms with Crippen molar-refractivity contribution in [1.82, 2.24) is 4.90 Å². The Kier molecular flexibility index (Phi) is 10.6. The summed E-state index contributed by atoms with van der Waals surface area (Å²) >= 11 is 2.15. The maximum atomic E-state index is 11.8. The molecule has 1 aromatic rings. The van der Waals surface area contributed by atoms with Gasteiger partial charge in [-0.2, -0.15) is 0 Å². The van der Waals surface area contributed by atoms with Crippen molar-refractivity contribution in [2.24, 2.45) is 0 Å². The van der Waals surface area contributed by atoms with Crippen LogP contribution < -0.4 is 5.32 Å². The van der Waals surface area contributed by atoms with E-state index in [1.807, 2.05) is 23.7 Å². The van der Waals surface area contributed by atoms with Gasteiger partial charge in [0.15, 0.2) is 0 Å². The van der Waals surface area contributed by atoms with Crippen molar-refractivity contribution in [3.05, 3.63) is 23.8 Å². The highest BCUT2D eigenvalue weighted by Crippen LogP contribution is 2.22. The summed E-state index contributed by atoms with van der Waals surface area (Å²) in [4.78, 5) is 27.1. The first-order chi connectivity index (χ1) is 10.5. The lowest BCUT2D eigenvalue weighted by Gasteiger charge is -2.17. The van der Waals surface area contributed by atoms with Crippen LogP contribution >= 0.6 is 22.6 Å². The molecule has 0 aliphatic rings. The molecular formula is C15H23IN2O4. The molecule has 2 N–H and O–H groups in total. The smallest absolute Gasteiger partial charge is 0.341 e. The van der Waals surface area contributed by atoms with Gasteiger partial charge < -0.3 is 15.2 Å². The van der Waals surface area contributed by atoms with Crippen molar-refractivity contribution in [2.75, 3.05) is 37.0 Å². The molecule has 0 aliphatic heterocycles. The molecule has 0 atom stereocenters. The summed E-state index contributed by atoms with van der Waals surface area (Å²) in [6, 6.07) is 4.28. The number of methoxy groups -OCH3 is 1. The number of phenols is 1. The van der Waals surface area contributed by atoms with Crippen molar-refractivity contribution in [1.29, 1.82) is 0 Å². The molecule has 0 fully saturated rings. The van der Waals surface area contributed by atoms with E-state index < -0.39 is 5.97 Å². The number of carbonyl (C=O) groups is 2. The number of hydrogen-bond acceptors (Lipinski definition) is 5. The topological polar surface area (TPSA) is 78.9 Å². The van der Waals surface area contributed by atoms with E-state index in [9.17, 15) is 14.7 Å². The van der Waals surface area contributed by atoms with Crippen molar-refractivity contribution >= 4 is 40.2 Å². The first kappa shape index (κ1) is 20.6. The average Bonchev–Trinajstić information content (AvgIpc) is 2.54. The summed E-state index contributed by atoms with van der Waals surface area (Å²) < 4.78 is 4.53. The maximum Gasteiger partial charge on any atom is 0.341 e. The Hall–Kier alpha value is -1.35. The summed E-state index contributed by atoms with van der Waals surface area (Å²) in [5, 5.41) is 12.4. The van der Waals surface area contributed by atoms with Crippen LogP contribution in [0, 0.1) is 0 Å². The summed E-state index contributed by atoms with van der Waals surface area (Å²) in [7, 11) is 1.24. The summed E-state index contributed by atoms with van der Waals surface area (Å²) in [5.41, 5.74) is 0.501. The number of alkyl halides is 1. The highest BCUT2D eigenvalue weighted by molar-refractivity contribution is 14.1. The number of aromatic hydroxyl groups is 1. The molecule has 0 saturated heterocycles. The molecule has 1 rings (SSSR count). The summed E-state index contributed by atoms with van der Waals surface area (Å²) in [6.07, 6.45) is 0. The van der Waals surface area contributed by atoms with E-state index in [0.717, 1.165) is 13.1 Å². The molecule has 0 bridgehead atoms. The maximum absolute atomic E-state index is 11.8. The number of rotatable bonds is 6. The zero-order valence-corrected chi connectivity index (χ0v) is 15.5. The molecule has 6 nitrogen and oxygen atoms in total. The molecule has 22 heavy (non-hydrogen) atoms. The first-order valence-corrected chi connectivity index (χ1v) is 8.98. The number of nitrogens with zero attached hydrogens (tertiary/aromatic N) is 1. The van der Waals surface area contributed by atoms with Gasteiger partial charge in [-0.05, 0) is 30.2 Å². The number of carbonyl (C=O) groups excluding carboxylic acids is 2. The Labute approximate surface area is 145 Å². The zero-order valence-electron chi connectivity index (χ0n) is 13.4. The third kappa shape index (κ3) is 6.61.